The van der Waals surface area contributed by atoms with Gasteiger partial charge in [-0.1, -0.05) is 50.4 Å². The van der Waals surface area contributed by atoms with Crippen LogP contribution in [0.25, 0.3) is 0 Å². The van der Waals surface area contributed by atoms with E-state index in [0.717, 1.165) is 19.3 Å². The van der Waals surface area contributed by atoms with Gasteiger partial charge in [-0.3, -0.25) is 14.4 Å². The van der Waals surface area contributed by atoms with Crippen LogP contribution in [-0.2, 0) is 23.9 Å². The van der Waals surface area contributed by atoms with E-state index in [9.17, 15) is 14.4 Å². The molecule has 194 valence electrons. The summed E-state index contributed by atoms with van der Waals surface area (Å²) < 4.78 is 11.6. The van der Waals surface area contributed by atoms with Crippen LogP contribution in [0, 0.1) is 23.7 Å². The first kappa shape index (κ1) is 25.2. The molecule has 8 nitrogen and oxygen atoms in total. The molecule has 5 rings (SSSR count). The van der Waals surface area contributed by atoms with Gasteiger partial charge in [0.1, 0.15) is 11.6 Å². The molecule has 1 aromatic rings. The Kier molecular flexibility index (Phi) is 6.87. The Morgan fingerprint density at radius 1 is 1.19 bits per heavy atom. The molecule has 36 heavy (non-hydrogen) atoms. The van der Waals surface area contributed by atoms with Gasteiger partial charge in [0.25, 0.3) is 0 Å². The standard InChI is InChI=1S/C27H34ClN3O5/c1-15-5-4-6-19(16(15)2)30-25(33)23-27-12-11-20(36-27)21(22(27)26(34)31(23)13-14-35-3)24(32)29-18-9-7-17(28)8-10-18/h7-12,15-16,19-23H,4-6,13-14H2,1-3H3,(H,29,32)(H,30,33)/t15-,16-,19-,20-,21-,22-,23+,27+/m1/s1. The third-order valence-corrected chi connectivity index (χ3v) is 8.86. The topological polar surface area (TPSA) is 97.0 Å². The van der Waals surface area contributed by atoms with Gasteiger partial charge in [0, 0.05) is 30.4 Å². The van der Waals surface area contributed by atoms with Crippen molar-refractivity contribution in [1.29, 1.82) is 0 Å². The zero-order valence-corrected chi connectivity index (χ0v) is 21.7. The summed E-state index contributed by atoms with van der Waals surface area (Å²) in [6.07, 6.45) is 6.21. The van der Waals surface area contributed by atoms with Crippen LogP contribution in [0.3, 0.4) is 0 Å². The van der Waals surface area contributed by atoms with Crippen LogP contribution in [0.5, 0.6) is 0 Å². The van der Waals surface area contributed by atoms with E-state index in [1.807, 2.05) is 12.2 Å². The van der Waals surface area contributed by atoms with Crippen molar-refractivity contribution >= 4 is 35.0 Å². The molecule has 4 aliphatic rings. The minimum Gasteiger partial charge on any atom is -0.383 e. The maximum absolute atomic E-state index is 13.8. The number of methoxy groups -OCH3 is 1. The van der Waals surface area contributed by atoms with Crippen molar-refractivity contribution in [3.05, 3.63) is 41.4 Å². The molecule has 2 N–H and O–H groups in total. The summed E-state index contributed by atoms with van der Waals surface area (Å²) in [7, 11) is 1.56. The van der Waals surface area contributed by atoms with E-state index in [0.29, 0.717) is 22.5 Å². The third kappa shape index (κ3) is 4.13. The minimum absolute atomic E-state index is 0.0441. The predicted molar refractivity (Wildman–Crippen MR) is 135 cm³/mol. The van der Waals surface area contributed by atoms with Gasteiger partial charge in [0.05, 0.1) is 24.5 Å². The molecular formula is C27H34ClN3O5. The summed E-state index contributed by atoms with van der Waals surface area (Å²) in [5, 5.41) is 6.71. The SMILES string of the molecule is COCCN1C(=O)[C@H]2[C@H](C(=O)Nc3ccc(Cl)cc3)[C@H]3C=C[C@@]2(O3)[C@@H]1C(=O)N[C@@H]1CCC[C@@H](C)[C@H]1C. The highest BCUT2D eigenvalue weighted by molar-refractivity contribution is 6.30. The molecule has 0 unspecified atom stereocenters. The monoisotopic (exact) mass is 515 g/mol. The molecule has 3 heterocycles. The van der Waals surface area contributed by atoms with E-state index in [4.69, 9.17) is 21.1 Å². The van der Waals surface area contributed by atoms with Gasteiger partial charge in [-0.15, -0.1) is 0 Å². The Morgan fingerprint density at radius 3 is 2.67 bits per heavy atom. The van der Waals surface area contributed by atoms with Crippen molar-refractivity contribution in [3.8, 4) is 0 Å². The Morgan fingerprint density at radius 2 is 1.94 bits per heavy atom. The Bertz CT molecular complexity index is 1060. The number of nitrogens with one attached hydrogen (secondary N) is 2. The quantitative estimate of drug-likeness (QED) is 0.544. The Labute approximate surface area is 216 Å². The zero-order chi connectivity index (χ0) is 25.6. The number of hydrogen-bond donors (Lipinski definition) is 2. The van der Waals surface area contributed by atoms with Crippen LogP contribution < -0.4 is 10.6 Å². The molecule has 1 saturated carbocycles. The number of halogens is 1. The molecule has 0 radical (unpaired) electrons. The van der Waals surface area contributed by atoms with E-state index in [1.54, 1.807) is 36.3 Å². The smallest absolute Gasteiger partial charge is 0.246 e. The molecule has 1 aliphatic carbocycles. The second-order valence-electron chi connectivity index (χ2n) is 10.6. The number of carbonyl (C=O) groups is 3. The lowest BCUT2D eigenvalue weighted by atomic mass is 9.73. The number of benzene rings is 1. The summed E-state index contributed by atoms with van der Waals surface area (Å²) in [6.45, 7) is 4.92. The van der Waals surface area contributed by atoms with Crippen LogP contribution in [0.15, 0.2) is 36.4 Å². The van der Waals surface area contributed by atoms with Gasteiger partial charge in [0.2, 0.25) is 17.7 Å². The molecule has 2 bridgehead atoms. The van der Waals surface area contributed by atoms with Crippen LogP contribution in [0.4, 0.5) is 5.69 Å². The van der Waals surface area contributed by atoms with Crippen LogP contribution in [0.2, 0.25) is 5.02 Å². The lowest BCUT2D eigenvalue weighted by Gasteiger charge is -2.38. The number of anilines is 1. The van der Waals surface area contributed by atoms with Crippen molar-refractivity contribution in [2.24, 2.45) is 23.7 Å². The molecule has 1 aromatic carbocycles. The number of hydrogen-bond acceptors (Lipinski definition) is 5. The predicted octanol–water partition coefficient (Wildman–Crippen LogP) is 3.02. The number of nitrogens with zero attached hydrogens (tertiary/aromatic N) is 1. The third-order valence-electron chi connectivity index (χ3n) is 8.61. The highest BCUT2D eigenvalue weighted by Gasteiger charge is 2.72. The normalized spacial score (nSPS) is 36.7. The maximum atomic E-state index is 13.8. The maximum Gasteiger partial charge on any atom is 0.246 e. The van der Waals surface area contributed by atoms with E-state index in [-0.39, 0.29) is 36.9 Å². The fourth-order valence-electron chi connectivity index (χ4n) is 6.50. The molecule has 8 atom stereocenters. The van der Waals surface area contributed by atoms with Crippen molar-refractivity contribution in [1.82, 2.24) is 10.2 Å². The van der Waals surface area contributed by atoms with E-state index >= 15 is 0 Å². The number of ether oxygens (including phenoxy) is 2. The molecule has 1 spiro atoms. The Balaban J connectivity index is 1.42. The first-order chi connectivity index (χ1) is 17.3. The second-order valence-corrected chi connectivity index (χ2v) is 11.0. The molecule has 9 heteroatoms. The average molecular weight is 516 g/mol. The molecular weight excluding hydrogens is 482 g/mol. The first-order valence-electron chi connectivity index (χ1n) is 12.8. The van der Waals surface area contributed by atoms with Crippen molar-refractivity contribution in [2.45, 2.75) is 56.9 Å². The first-order valence-corrected chi connectivity index (χ1v) is 13.2. The van der Waals surface area contributed by atoms with Gasteiger partial charge in [0.15, 0.2) is 0 Å². The van der Waals surface area contributed by atoms with Gasteiger partial charge in [-0.05, 0) is 42.5 Å². The minimum atomic E-state index is -1.18. The highest BCUT2D eigenvalue weighted by Crippen LogP contribution is 2.55. The van der Waals surface area contributed by atoms with Gasteiger partial charge in [-0.25, -0.2) is 0 Å². The zero-order valence-electron chi connectivity index (χ0n) is 20.9. The number of likely N-dealkylation sites (tertiary alicyclic amines) is 1. The van der Waals surface area contributed by atoms with Gasteiger partial charge < -0.3 is 25.0 Å². The summed E-state index contributed by atoms with van der Waals surface area (Å²) in [5.41, 5.74) is -0.591. The van der Waals surface area contributed by atoms with Gasteiger partial charge in [-0.2, -0.15) is 0 Å². The fourth-order valence-corrected chi connectivity index (χ4v) is 6.63. The highest BCUT2D eigenvalue weighted by atomic mass is 35.5. The molecule has 3 amide bonds. The number of fused-ring (bicyclic) bond motifs is 1. The summed E-state index contributed by atoms with van der Waals surface area (Å²) in [4.78, 5) is 42.6. The fraction of sp³-hybridized carbons (Fsp3) is 0.593. The van der Waals surface area contributed by atoms with E-state index in [1.165, 1.54) is 0 Å². The molecule has 3 aliphatic heterocycles. The van der Waals surface area contributed by atoms with E-state index < -0.39 is 29.6 Å². The second kappa shape index (κ2) is 9.80. The van der Waals surface area contributed by atoms with Crippen molar-refractivity contribution in [2.75, 3.05) is 25.6 Å². The molecule has 3 fully saturated rings. The van der Waals surface area contributed by atoms with Crippen molar-refractivity contribution < 1.29 is 23.9 Å². The number of rotatable bonds is 7. The average Bonchev–Trinajstić information content (AvgIpc) is 3.49. The molecule has 0 aromatic heterocycles. The summed E-state index contributed by atoms with van der Waals surface area (Å²) in [6, 6.07) is 5.99. The lowest BCUT2D eigenvalue weighted by Crippen LogP contribution is -2.58. The van der Waals surface area contributed by atoms with Crippen LogP contribution in [-0.4, -0.2) is 66.7 Å². The van der Waals surface area contributed by atoms with Gasteiger partial charge >= 0.3 is 0 Å². The Hall–Kier alpha value is -2.42. The number of amides is 3. The summed E-state index contributed by atoms with van der Waals surface area (Å²) in [5.74, 6) is -1.45. The summed E-state index contributed by atoms with van der Waals surface area (Å²) >= 11 is 5.97. The van der Waals surface area contributed by atoms with E-state index in [2.05, 4.69) is 24.5 Å². The van der Waals surface area contributed by atoms with Crippen LogP contribution >= 0.6 is 11.6 Å². The largest absolute Gasteiger partial charge is 0.383 e. The van der Waals surface area contributed by atoms with Crippen molar-refractivity contribution in [3.63, 3.8) is 0 Å². The number of carbonyl (C=O) groups excluding carboxylic acids is 3. The lowest BCUT2D eigenvalue weighted by molar-refractivity contribution is -0.142. The molecule has 2 saturated heterocycles. The van der Waals surface area contributed by atoms with Crippen LogP contribution in [0.1, 0.15) is 33.1 Å².